The lowest BCUT2D eigenvalue weighted by molar-refractivity contribution is -0.145. The van der Waals surface area contributed by atoms with E-state index < -0.39 is 36.3 Å². The van der Waals surface area contributed by atoms with E-state index in [9.17, 15) is 24.0 Å². The summed E-state index contributed by atoms with van der Waals surface area (Å²) in [6.45, 7) is 1.32. The largest absolute Gasteiger partial charge is 0.335 e. The molecule has 1 heterocycles. The highest BCUT2D eigenvalue weighted by molar-refractivity contribution is 6.45. The highest BCUT2D eigenvalue weighted by Crippen LogP contribution is 2.31. The summed E-state index contributed by atoms with van der Waals surface area (Å²) in [6.07, 6.45) is 8.42. The Kier molecular flexibility index (Phi) is 6.31. The van der Waals surface area contributed by atoms with Gasteiger partial charge in [0.15, 0.2) is 0 Å². The number of carbonyl (C=O) groups is 5. The smallest absolute Gasteiger partial charge is 0.334 e. The molecule has 2 aliphatic carbocycles. The Bertz CT molecular complexity index is 673. The van der Waals surface area contributed by atoms with Crippen LogP contribution in [0, 0.1) is 5.92 Å². The van der Waals surface area contributed by atoms with Crippen LogP contribution < -0.4 is 10.6 Å². The van der Waals surface area contributed by atoms with E-state index in [1.807, 2.05) is 6.92 Å². The second-order valence-corrected chi connectivity index (χ2v) is 8.03. The third-order valence-corrected chi connectivity index (χ3v) is 5.98. The second kappa shape index (κ2) is 8.70. The fraction of sp³-hybridized carbons (Fsp3) is 0.737. The van der Waals surface area contributed by atoms with Gasteiger partial charge in [-0.1, -0.05) is 39.0 Å². The molecule has 154 valence electrons. The van der Waals surface area contributed by atoms with Gasteiger partial charge in [0.1, 0.15) is 6.54 Å². The Morgan fingerprint density at radius 2 is 1.57 bits per heavy atom. The number of hydrogen-bond acceptors (Lipinski definition) is 5. The van der Waals surface area contributed by atoms with Gasteiger partial charge in [-0.15, -0.1) is 0 Å². The molecule has 3 aliphatic rings. The van der Waals surface area contributed by atoms with Gasteiger partial charge in [-0.25, -0.2) is 14.5 Å². The lowest BCUT2D eigenvalue weighted by atomic mass is 9.85. The van der Waals surface area contributed by atoms with Crippen molar-refractivity contribution in [2.75, 3.05) is 6.54 Å². The monoisotopic (exact) mass is 392 g/mol. The van der Waals surface area contributed by atoms with Gasteiger partial charge in [0.25, 0.3) is 0 Å². The van der Waals surface area contributed by atoms with Gasteiger partial charge in [-0.3, -0.25) is 24.6 Å². The van der Waals surface area contributed by atoms with Crippen molar-refractivity contribution in [2.24, 2.45) is 5.92 Å². The molecule has 3 rings (SSSR count). The van der Waals surface area contributed by atoms with Crippen LogP contribution in [0.15, 0.2) is 0 Å². The van der Waals surface area contributed by atoms with Crippen molar-refractivity contribution in [3.63, 3.8) is 0 Å². The molecule has 2 saturated carbocycles. The Labute approximate surface area is 164 Å². The minimum absolute atomic E-state index is 0.0291. The maximum atomic E-state index is 12.6. The molecule has 0 radical (unpaired) electrons. The summed E-state index contributed by atoms with van der Waals surface area (Å²) < 4.78 is 0. The van der Waals surface area contributed by atoms with Crippen molar-refractivity contribution in [3.05, 3.63) is 0 Å². The molecule has 3 fully saturated rings. The summed E-state index contributed by atoms with van der Waals surface area (Å²) >= 11 is 0. The number of hydrogen-bond donors (Lipinski definition) is 2. The Balaban J connectivity index is 1.56. The van der Waals surface area contributed by atoms with Crippen LogP contribution in [0.5, 0.6) is 0 Å². The number of carbonyl (C=O) groups excluding carboxylic acids is 5. The summed E-state index contributed by atoms with van der Waals surface area (Å²) in [5.41, 5.74) is 0. The number of rotatable bonds is 4. The molecule has 9 heteroatoms. The van der Waals surface area contributed by atoms with Crippen molar-refractivity contribution in [1.29, 1.82) is 0 Å². The summed E-state index contributed by atoms with van der Waals surface area (Å²) in [7, 11) is 0. The van der Waals surface area contributed by atoms with E-state index in [1.54, 1.807) is 0 Å². The van der Waals surface area contributed by atoms with E-state index in [-0.39, 0.29) is 18.0 Å². The predicted molar refractivity (Wildman–Crippen MR) is 98.9 cm³/mol. The molecule has 9 nitrogen and oxygen atoms in total. The number of imide groups is 3. The van der Waals surface area contributed by atoms with Crippen molar-refractivity contribution < 1.29 is 24.0 Å². The molecule has 2 N–H and O–H groups in total. The number of urea groups is 2. The summed E-state index contributed by atoms with van der Waals surface area (Å²) in [5.74, 6) is -2.57. The molecule has 0 spiro atoms. The first-order valence-corrected chi connectivity index (χ1v) is 10.2. The van der Waals surface area contributed by atoms with Crippen molar-refractivity contribution in [1.82, 2.24) is 20.4 Å². The fourth-order valence-corrected chi connectivity index (χ4v) is 4.41. The lowest BCUT2D eigenvalue weighted by Gasteiger charge is -2.34. The van der Waals surface area contributed by atoms with E-state index in [2.05, 4.69) is 10.6 Å². The maximum absolute atomic E-state index is 12.6. The zero-order chi connectivity index (χ0) is 20.3. The van der Waals surface area contributed by atoms with Crippen LogP contribution in [0.4, 0.5) is 9.59 Å². The van der Waals surface area contributed by atoms with Crippen LogP contribution >= 0.6 is 0 Å². The summed E-state index contributed by atoms with van der Waals surface area (Å²) in [6, 6.07) is -1.70. The predicted octanol–water partition coefficient (Wildman–Crippen LogP) is 1.51. The number of nitrogens with one attached hydrogen (secondary N) is 2. The molecule has 7 amide bonds. The normalized spacial score (nSPS) is 26.5. The highest BCUT2D eigenvalue weighted by Gasteiger charge is 2.49. The minimum atomic E-state index is -1.01. The van der Waals surface area contributed by atoms with Gasteiger partial charge in [-0.05, 0) is 31.6 Å². The topological polar surface area (TPSA) is 116 Å². The van der Waals surface area contributed by atoms with E-state index in [4.69, 9.17) is 0 Å². The molecule has 0 bridgehead atoms. The van der Waals surface area contributed by atoms with Crippen molar-refractivity contribution >= 4 is 29.8 Å². The molecule has 2 atom stereocenters. The molecule has 28 heavy (non-hydrogen) atoms. The van der Waals surface area contributed by atoms with E-state index >= 15 is 0 Å². The van der Waals surface area contributed by atoms with Gasteiger partial charge in [0, 0.05) is 12.1 Å². The Morgan fingerprint density at radius 1 is 0.929 bits per heavy atom. The Morgan fingerprint density at radius 3 is 2.25 bits per heavy atom. The van der Waals surface area contributed by atoms with Gasteiger partial charge in [0.05, 0.1) is 0 Å². The molecule has 0 unspecified atom stereocenters. The van der Waals surface area contributed by atoms with Crippen LogP contribution in [0.1, 0.15) is 64.7 Å². The molecular weight excluding hydrogens is 364 g/mol. The van der Waals surface area contributed by atoms with E-state index in [0.717, 1.165) is 56.3 Å². The van der Waals surface area contributed by atoms with Crippen molar-refractivity contribution in [2.45, 2.75) is 76.8 Å². The molecule has 0 aromatic carbocycles. The molecule has 1 saturated heterocycles. The standard InChI is InChI=1S/C19H28N4O5/c1-12-7-5-6-10-14(12)23-17(26)16(25)22(19(23)28)11-15(24)21-18(27)20-13-8-3-2-4-9-13/h12-14H,2-11H2,1H3,(H2,20,21,24,27)/t12-,14+/m0/s1. The molecule has 0 aromatic heterocycles. The first-order chi connectivity index (χ1) is 13.4. The average molecular weight is 392 g/mol. The number of amides is 7. The van der Waals surface area contributed by atoms with E-state index in [0.29, 0.717) is 11.3 Å². The fourth-order valence-electron chi connectivity index (χ4n) is 4.41. The zero-order valence-corrected chi connectivity index (χ0v) is 16.2. The molecule has 1 aliphatic heterocycles. The highest BCUT2D eigenvalue weighted by atomic mass is 16.2. The van der Waals surface area contributed by atoms with Gasteiger partial charge >= 0.3 is 23.9 Å². The third kappa shape index (κ3) is 4.34. The van der Waals surface area contributed by atoms with Crippen LogP contribution in [0.25, 0.3) is 0 Å². The van der Waals surface area contributed by atoms with Gasteiger partial charge in [0.2, 0.25) is 5.91 Å². The lowest BCUT2D eigenvalue weighted by Crippen LogP contribution is -2.49. The molecule has 0 aromatic rings. The second-order valence-electron chi connectivity index (χ2n) is 8.03. The van der Waals surface area contributed by atoms with Gasteiger partial charge < -0.3 is 5.32 Å². The van der Waals surface area contributed by atoms with E-state index in [1.165, 1.54) is 0 Å². The first-order valence-electron chi connectivity index (χ1n) is 10.2. The zero-order valence-electron chi connectivity index (χ0n) is 16.2. The summed E-state index contributed by atoms with van der Waals surface area (Å²) in [5, 5.41) is 4.88. The number of nitrogens with zero attached hydrogens (tertiary/aromatic N) is 2. The summed E-state index contributed by atoms with van der Waals surface area (Å²) in [4.78, 5) is 63.0. The Hall–Kier alpha value is -2.45. The van der Waals surface area contributed by atoms with Crippen LogP contribution in [0.2, 0.25) is 0 Å². The SMILES string of the molecule is C[C@H]1CCCC[C@H]1N1C(=O)C(=O)N(CC(=O)NC(=O)NC2CCCCC2)C1=O. The first kappa shape index (κ1) is 20.3. The quantitative estimate of drug-likeness (QED) is 0.556. The average Bonchev–Trinajstić information content (AvgIpc) is 2.86. The molecular formula is C19H28N4O5. The van der Waals surface area contributed by atoms with Crippen molar-refractivity contribution in [3.8, 4) is 0 Å². The van der Waals surface area contributed by atoms with Crippen LogP contribution in [0.3, 0.4) is 0 Å². The van der Waals surface area contributed by atoms with Gasteiger partial charge in [-0.2, -0.15) is 0 Å². The minimum Gasteiger partial charge on any atom is -0.335 e. The van der Waals surface area contributed by atoms with Crippen LogP contribution in [-0.2, 0) is 14.4 Å². The maximum Gasteiger partial charge on any atom is 0.334 e. The third-order valence-electron chi connectivity index (χ3n) is 5.98. The van der Waals surface area contributed by atoms with Crippen LogP contribution in [-0.4, -0.2) is 58.2 Å².